The van der Waals surface area contributed by atoms with Crippen molar-refractivity contribution in [2.75, 3.05) is 11.9 Å². The van der Waals surface area contributed by atoms with Crippen LogP contribution >= 0.6 is 23.2 Å². The number of ether oxygens (including phenoxy) is 1. The van der Waals surface area contributed by atoms with Gasteiger partial charge in [0, 0.05) is 6.08 Å². The number of nitrogens with one attached hydrogen (secondary N) is 1. The largest absolute Gasteiger partial charge is 0.452 e. The highest BCUT2D eigenvalue weighted by Gasteiger charge is 2.12. The summed E-state index contributed by atoms with van der Waals surface area (Å²) in [5, 5.41) is 3.12. The molecule has 4 nitrogen and oxygen atoms in total. The highest BCUT2D eigenvalue weighted by Crippen LogP contribution is 2.32. The maximum absolute atomic E-state index is 12.8. The molecule has 0 saturated heterocycles. The van der Waals surface area contributed by atoms with Crippen molar-refractivity contribution in [3.63, 3.8) is 0 Å². The molecule has 2 rings (SSSR count). The summed E-state index contributed by atoms with van der Waals surface area (Å²) in [6, 6.07) is 8.89. The third kappa shape index (κ3) is 5.59. The molecule has 0 atom stereocenters. The van der Waals surface area contributed by atoms with Gasteiger partial charge < -0.3 is 10.1 Å². The fourth-order valence-corrected chi connectivity index (χ4v) is 2.33. The zero-order chi connectivity index (χ0) is 18.4. The number of aryl methyl sites for hydroxylation is 1. The van der Waals surface area contributed by atoms with Gasteiger partial charge in [0.25, 0.3) is 5.91 Å². The van der Waals surface area contributed by atoms with E-state index in [1.165, 1.54) is 30.3 Å². The predicted octanol–water partition coefficient (Wildman–Crippen LogP) is 4.64. The molecule has 0 spiro atoms. The van der Waals surface area contributed by atoms with Crippen LogP contribution in [-0.2, 0) is 14.3 Å². The van der Waals surface area contributed by atoms with E-state index in [9.17, 15) is 14.0 Å². The van der Waals surface area contributed by atoms with Crippen LogP contribution in [0, 0.1) is 12.7 Å². The Hall–Kier alpha value is -2.37. The Bertz CT molecular complexity index is 820. The number of esters is 1. The summed E-state index contributed by atoms with van der Waals surface area (Å²) in [5.74, 6) is -1.65. The number of hydrogen-bond donors (Lipinski definition) is 1. The fourth-order valence-electron chi connectivity index (χ4n) is 1.87. The molecule has 0 aromatic heterocycles. The minimum Gasteiger partial charge on any atom is -0.452 e. The molecular formula is C18H14Cl2FNO3. The van der Waals surface area contributed by atoms with E-state index in [-0.39, 0.29) is 16.5 Å². The third-order valence-electron chi connectivity index (χ3n) is 3.18. The maximum Gasteiger partial charge on any atom is 0.331 e. The summed E-state index contributed by atoms with van der Waals surface area (Å²) in [4.78, 5) is 23.5. The van der Waals surface area contributed by atoms with Gasteiger partial charge >= 0.3 is 5.97 Å². The molecule has 0 aliphatic carbocycles. The molecule has 0 unspecified atom stereocenters. The lowest BCUT2D eigenvalue weighted by Gasteiger charge is -2.11. The second kappa shape index (κ2) is 8.65. The Morgan fingerprint density at radius 3 is 2.52 bits per heavy atom. The van der Waals surface area contributed by atoms with Crippen LogP contribution in [0.1, 0.15) is 11.1 Å². The molecule has 0 bridgehead atoms. The van der Waals surface area contributed by atoms with Gasteiger partial charge in [0.05, 0.1) is 15.7 Å². The summed E-state index contributed by atoms with van der Waals surface area (Å²) in [5.41, 5.74) is 1.65. The van der Waals surface area contributed by atoms with E-state index in [1.807, 2.05) is 0 Å². The first-order valence-electron chi connectivity index (χ1n) is 7.21. The second-order valence-electron chi connectivity index (χ2n) is 5.09. The van der Waals surface area contributed by atoms with E-state index in [2.05, 4.69) is 5.32 Å². The number of benzene rings is 2. The molecule has 1 N–H and O–H groups in total. The average molecular weight is 382 g/mol. The molecule has 25 heavy (non-hydrogen) atoms. The van der Waals surface area contributed by atoms with Crippen LogP contribution in [0.15, 0.2) is 42.5 Å². The highest BCUT2D eigenvalue weighted by molar-refractivity contribution is 6.40. The monoisotopic (exact) mass is 381 g/mol. The van der Waals surface area contributed by atoms with Gasteiger partial charge in [-0.05, 0) is 42.3 Å². The standard InChI is InChI=1S/C18H14Cl2FNO3/c1-11-2-8-14(19)18(17(11)20)22-15(23)10-25-16(24)9-5-12-3-6-13(21)7-4-12/h2-9H,10H2,1H3,(H,22,23)/b9-5+. The van der Waals surface area contributed by atoms with E-state index < -0.39 is 18.5 Å². The van der Waals surface area contributed by atoms with E-state index in [4.69, 9.17) is 27.9 Å². The summed E-state index contributed by atoms with van der Waals surface area (Å²) >= 11 is 12.1. The van der Waals surface area contributed by atoms with Crippen LogP contribution in [0.5, 0.6) is 0 Å². The average Bonchev–Trinajstić information content (AvgIpc) is 2.59. The molecule has 2 aromatic rings. The molecule has 130 valence electrons. The molecule has 0 fully saturated rings. The van der Waals surface area contributed by atoms with Crippen LogP contribution in [0.25, 0.3) is 6.08 Å². The highest BCUT2D eigenvalue weighted by atomic mass is 35.5. The van der Waals surface area contributed by atoms with Crippen molar-refractivity contribution in [1.82, 2.24) is 0 Å². The van der Waals surface area contributed by atoms with E-state index >= 15 is 0 Å². The van der Waals surface area contributed by atoms with Crippen LogP contribution in [0.4, 0.5) is 10.1 Å². The lowest BCUT2D eigenvalue weighted by Crippen LogP contribution is -2.20. The number of carbonyl (C=O) groups is 2. The topological polar surface area (TPSA) is 55.4 Å². The van der Waals surface area contributed by atoms with E-state index in [0.29, 0.717) is 10.6 Å². The molecule has 7 heteroatoms. The summed E-state index contributed by atoms with van der Waals surface area (Å²) in [6.07, 6.45) is 2.60. The van der Waals surface area contributed by atoms with Crippen LogP contribution in [0.2, 0.25) is 10.0 Å². The van der Waals surface area contributed by atoms with Crippen molar-refractivity contribution in [3.05, 3.63) is 69.5 Å². The maximum atomic E-state index is 12.8. The molecule has 0 heterocycles. The lowest BCUT2D eigenvalue weighted by atomic mass is 10.2. The summed E-state index contributed by atoms with van der Waals surface area (Å²) in [6.45, 7) is 1.28. The van der Waals surface area contributed by atoms with Crippen molar-refractivity contribution >= 4 is 46.8 Å². The van der Waals surface area contributed by atoms with Gasteiger partial charge in [-0.25, -0.2) is 9.18 Å². The Balaban J connectivity index is 1.88. The minimum absolute atomic E-state index is 0.270. The zero-order valence-electron chi connectivity index (χ0n) is 13.2. The number of carbonyl (C=O) groups excluding carboxylic acids is 2. The van der Waals surface area contributed by atoms with Crippen LogP contribution in [-0.4, -0.2) is 18.5 Å². The van der Waals surface area contributed by atoms with Crippen molar-refractivity contribution in [3.8, 4) is 0 Å². The summed E-state index contributed by atoms with van der Waals surface area (Å²) < 4.78 is 17.6. The van der Waals surface area contributed by atoms with Gasteiger partial charge in [0.15, 0.2) is 6.61 Å². The lowest BCUT2D eigenvalue weighted by molar-refractivity contribution is -0.142. The first-order valence-corrected chi connectivity index (χ1v) is 7.97. The normalized spacial score (nSPS) is 10.7. The van der Waals surface area contributed by atoms with Crippen molar-refractivity contribution in [1.29, 1.82) is 0 Å². The van der Waals surface area contributed by atoms with Crippen LogP contribution in [0.3, 0.4) is 0 Å². The van der Waals surface area contributed by atoms with E-state index in [1.54, 1.807) is 19.1 Å². The molecule has 0 radical (unpaired) electrons. The predicted molar refractivity (Wildman–Crippen MR) is 96.2 cm³/mol. The smallest absolute Gasteiger partial charge is 0.331 e. The van der Waals surface area contributed by atoms with Gasteiger partial charge in [-0.15, -0.1) is 0 Å². The van der Waals surface area contributed by atoms with Crippen molar-refractivity contribution in [2.45, 2.75) is 6.92 Å². The number of amides is 1. The van der Waals surface area contributed by atoms with Crippen LogP contribution < -0.4 is 5.32 Å². The molecule has 0 aliphatic rings. The number of halogens is 3. The van der Waals surface area contributed by atoms with Gasteiger partial charge in [-0.1, -0.05) is 41.4 Å². The van der Waals surface area contributed by atoms with Gasteiger partial charge in [0.2, 0.25) is 0 Å². The van der Waals surface area contributed by atoms with Gasteiger partial charge in [-0.2, -0.15) is 0 Å². The molecule has 2 aromatic carbocycles. The Kier molecular flexibility index (Phi) is 6.56. The minimum atomic E-state index is -0.707. The van der Waals surface area contributed by atoms with Crippen molar-refractivity contribution < 1.29 is 18.7 Å². The van der Waals surface area contributed by atoms with Gasteiger partial charge in [0.1, 0.15) is 5.82 Å². The number of rotatable bonds is 5. The molecular weight excluding hydrogens is 368 g/mol. The third-order valence-corrected chi connectivity index (χ3v) is 3.98. The molecule has 0 saturated carbocycles. The SMILES string of the molecule is Cc1ccc(Cl)c(NC(=O)COC(=O)/C=C/c2ccc(F)cc2)c1Cl. The Labute approximate surface area is 154 Å². The first-order chi connectivity index (χ1) is 11.9. The first kappa shape index (κ1) is 19.0. The molecule has 1 amide bonds. The number of hydrogen-bond acceptors (Lipinski definition) is 3. The quantitative estimate of drug-likeness (QED) is 0.606. The van der Waals surface area contributed by atoms with Gasteiger partial charge in [-0.3, -0.25) is 4.79 Å². The second-order valence-corrected chi connectivity index (χ2v) is 5.88. The summed E-state index contributed by atoms with van der Waals surface area (Å²) in [7, 11) is 0. The van der Waals surface area contributed by atoms with E-state index in [0.717, 1.165) is 11.6 Å². The zero-order valence-corrected chi connectivity index (χ0v) is 14.7. The Morgan fingerprint density at radius 1 is 1.16 bits per heavy atom. The van der Waals surface area contributed by atoms with Crippen molar-refractivity contribution in [2.24, 2.45) is 0 Å². The fraction of sp³-hybridized carbons (Fsp3) is 0.111. The molecule has 0 aliphatic heterocycles. The Morgan fingerprint density at radius 2 is 1.84 bits per heavy atom. The number of anilines is 1.